The number of oxime groups is 1. The van der Waals surface area contributed by atoms with Gasteiger partial charge in [-0.25, -0.2) is 0 Å². The van der Waals surface area contributed by atoms with Gasteiger partial charge in [0, 0.05) is 15.6 Å². The zero-order valence-corrected chi connectivity index (χ0v) is 13.7. The zero-order chi connectivity index (χ0) is 15.6. The maximum absolute atomic E-state index is 11.9. The van der Waals surface area contributed by atoms with Crippen LogP contribution in [-0.4, -0.2) is 25.0 Å². The van der Waals surface area contributed by atoms with Crippen LogP contribution in [0.25, 0.3) is 0 Å². The van der Waals surface area contributed by atoms with Crippen molar-refractivity contribution in [2.75, 3.05) is 4.72 Å². The molecular weight excluding hydrogens is 348 g/mol. The average Bonchev–Trinajstić information content (AvgIpc) is 2.27. The van der Waals surface area contributed by atoms with Crippen molar-refractivity contribution in [2.24, 2.45) is 10.9 Å². The summed E-state index contributed by atoms with van der Waals surface area (Å²) in [5.41, 5.74) is 5.67. The van der Waals surface area contributed by atoms with Gasteiger partial charge in [0.1, 0.15) is 0 Å². The lowest BCUT2D eigenvalue weighted by Gasteiger charge is -2.21. The van der Waals surface area contributed by atoms with Crippen LogP contribution < -0.4 is 15.2 Å². The third-order valence-electron chi connectivity index (χ3n) is 2.06. The Kier molecular flexibility index (Phi) is 5.00. The number of hydrogen-bond donors (Lipinski definition) is 4. The Hall–Kier alpha value is -1.32. The number of anilines is 1. The smallest absolute Gasteiger partial charge is 0.299 e. The average molecular weight is 365 g/mol. The molecule has 0 unspecified atom stereocenters. The van der Waals surface area contributed by atoms with Crippen LogP contribution in [0.5, 0.6) is 0 Å². The van der Waals surface area contributed by atoms with Gasteiger partial charge in [0.25, 0.3) is 10.2 Å². The quantitative estimate of drug-likeness (QED) is 0.281. The Morgan fingerprint density at radius 3 is 2.45 bits per heavy atom. The van der Waals surface area contributed by atoms with Crippen molar-refractivity contribution in [1.82, 2.24) is 4.72 Å². The third-order valence-corrected chi connectivity index (χ3v) is 4.08. The van der Waals surface area contributed by atoms with E-state index in [4.69, 9.17) is 10.9 Å². The minimum Gasteiger partial charge on any atom is -0.409 e. The van der Waals surface area contributed by atoms with E-state index in [0.29, 0.717) is 15.7 Å². The SMILES string of the molecule is CC(C)(C)NS(=O)(=O)Nc1ccc(/C(N)=N/O)cc1Br. The highest BCUT2D eigenvalue weighted by atomic mass is 79.9. The lowest BCUT2D eigenvalue weighted by atomic mass is 10.1. The largest absolute Gasteiger partial charge is 0.409 e. The zero-order valence-electron chi connectivity index (χ0n) is 11.3. The number of benzene rings is 1. The molecule has 1 aromatic carbocycles. The Morgan fingerprint density at radius 1 is 1.40 bits per heavy atom. The number of nitrogens with two attached hydrogens (primary N) is 1. The predicted molar refractivity (Wildman–Crippen MR) is 82.1 cm³/mol. The summed E-state index contributed by atoms with van der Waals surface area (Å²) in [4.78, 5) is 0. The van der Waals surface area contributed by atoms with Crippen molar-refractivity contribution in [3.8, 4) is 0 Å². The molecule has 0 amide bonds. The summed E-state index contributed by atoms with van der Waals surface area (Å²) in [5.74, 6) is -0.0621. The normalized spacial score (nSPS) is 13.3. The lowest BCUT2D eigenvalue weighted by Crippen LogP contribution is -2.43. The van der Waals surface area contributed by atoms with Crippen LogP contribution in [0.1, 0.15) is 26.3 Å². The van der Waals surface area contributed by atoms with Crippen LogP contribution in [-0.2, 0) is 10.2 Å². The molecule has 0 heterocycles. The van der Waals surface area contributed by atoms with E-state index in [1.807, 2.05) is 0 Å². The Balaban J connectivity index is 3.00. The molecule has 0 aliphatic carbocycles. The molecule has 0 bridgehead atoms. The summed E-state index contributed by atoms with van der Waals surface area (Å²) in [5, 5.41) is 11.5. The van der Waals surface area contributed by atoms with Gasteiger partial charge < -0.3 is 10.9 Å². The number of nitrogens with one attached hydrogen (secondary N) is 2. The van der Waals surface area contributed by atoms with E-state index in [0.717, 1.165) is 0 Å². The first kappa shape index (κ1) is 16.7. The second-order valence-electron chi connectivity index (χ2n) is 5.14. The van der Waals surface area contributed by atoms with Gasteiger partial charge in [-0.05, 0) is 54.9 Å². The number of nitrogens with zero attached hydrogens (tertiary/aromatic N) is 1. The molecular formula is C11H17BrN4O3S. The summed E-state index contributed by atoms with van der Waals surface area (Å²) in [7, 11) is -3.69. The van der Waals surface area contributed by atoms with Gasteiger partial charge in [-0.1, -0.05) is 5.16 Å². The van der Waals surface area contributed by atoms with Crippen molar-refractivity contribution >= 4 is 37.7 Å². The minimum absolute atomic E-state index is 0.0621. The maximum Gasteiger partial charge on any atom is 0.299 e. The summed E-state index contributed by atoms with van der Waals surface area (Å²) in [6.45, 7) is 5.22. The minimum atomic E-state index is -3.69. The molecule has 0 aliphatic heterocycles. The Bertz CT molecular complexity index is 623. The van der Waals surface area contributed by atoms with Crippen LogP contribution in [0.4, 0.5) is 5.69 Å². The first-order chi connectivity index (χ1) is 9.04. The highest BCUT2D eigenvalue weighted by Crippen LogP contribution is 2.24. The summed E-state index contributed by atoms with van der Waals surface area (Å²) in [6, 6.07) is 4.60. The molecule has 0 saturated heterocycles. The molecule has 1 aromatic rings. The van der Waals surface area contributed by atoms with Gasteiger partial charge in [0.05, 0.1) is 5.69 Å². The number of amidine groups is 1. The van der Waals surface area contributed by atoms with E-state index in [-0.39, 0.29) is 5.84 Å². The number of rotatable bonds is 4. The first-order valence-corrected chi connectivity index (χ1v) is 7.91. The summed E-state index contributed by atoms with van der Waals surface area (Å²) in [6.07, 6.45) is 0. The molecule has 0 radical (unpaired) electrons. The fourth-order valence-corrected chi connectivity index (χ4v) is 3.32. The first-order valence-electron chi connectivity index (χ1n) is 5.63. The van der Waals surface area contributed by atoms with E-state index in [9.17, 15) is 8.42 Å². The summed E-state index contributed by atoms with van der Waals surface area (Å²) >= 11 is 3.23. The van der Waals surface area contributed by atoms with Crippen LogP contribution in [0.2, 0.25) is 0 Å². The molecule has 0 aliphatic rings. The molecule has 1 rings (SSSR count). The van der Waals surface area contributed by atoms with Gasteiger partial charge >= 0.3 is 0 Å². The Morgan fingerprint density at radius 2 is 2.00 bits per heavy atom. The highest BCUT2D eigenvalue weighted by Gasteiger charge is 2.20. The molecule has 9 heteroatoms. The van der Waals surface area contributed by atoms with Crippen molar-refractivity contribution in [2.45, 2.75) is 26.3 Å². The van der Waals surface area contributed by atoms with E-state index >= 15 is 0 Å². The van der Waals surface area contributed by atoms with Crippen LogP contribution in [0.3, 0.4) is 0 Å². The van der Waals surface area contributed by atoms with Crippen molar-refractivity contribution in [1.29, 1.82) is 0 Å². The molecule has 0 atom stereocenters. The van der Waals surface area contributed by atoms with Gasteiger partial charge in [0.15, 0.2) is 5.84 Å². The highest BCUT2D eigenvalue weighted by molar-refractivity contribution is 9.10. The molecule has 0 aromatic heterocycles. The van der Waals surface area contributed by atoms with E-state index in [2.05, 4.69) is 30.5 Å². The van der Waals surface area contributed by atoms with Crippen LogP contribution in [0, 0.1) is 0 Å². The van der Waals surface area contributed by atoms with Crippen molar-refractivity contribution in [3.63, 3.8) is 0 Å². The standard InChI is InChI=1S/C11H17BrN4O3S/c1-11(2,3)16-20(18,19)15-9-5-4-7(6-8(9)12)10(13)14-17/h4-6,15-17H,1-3H3,(H2,13,14). The van der Waals surface area contributed by atoms with Gasteiger partial charge in [-0.3, -0.25) is 4.72 Å². The van der Waals surface area contributed by atoms with Crippen LogP contribution >= 0.6 is 15.9 Å². The van der Waals surface area contributed by atoms with E-state index < -0.39 is 15.7 Å². The predicted octanol–water partition coefficient (Wildman–Crippen LogP) is 1.59. The third kappa shape index (κ3) is 4.99. The molecule has 112 valence electrons. The molecule has 0 saturated carbocycles. The van der Waals surface area contributed by atoms with Gasteiger partial charge in [-0.15, -0.1) is 0 Å². The topological polar surface area (TPSA) is 117 Å². The second-order valence-corrected chi connectivity index (χ2v) is 7.41. The number of hydrogen-bond acceptors (Lipinski definition) is 4. The lowest BCUT2D eigenvalue weighted by molar-refractivity contribution is 0.318. The summed E-state index contributed by atoms with van der Waals surface area (Å²) < 4.78 is 29.2. The second kappa shape index (κ2) is 5.98. The van der Waals surface area contributed by atoms with Crippen molar-refractivity contribution < 1.29 is 13.6 Å². The molecule has 5 N–H and O–H groups in total. The van der Waals surface area contributed by atoms with E-state index in [1.165, 1.54) is 12.1 Å². The van der Waals surface area contributed by atoms with Crippen LogP contribution in [0.15, 0.2) is 27.8 Å². The molecule has 0 fully saturated rings. The number of halogens is 1. The molecule has 7 nitrogen and oxygen atoms in total. The fraction of sp³-hybridized carbons (Fsp3) is 0.364. The molecule has 20 heavy (non-hydrogen) atoms. The van der Waals surface area contributed by atoms with Gasteiger partial charge in [-0.2, -0.15) is 13.1 Å². The fourth-order valence-electron chi connectivity index (χ4n) is 1.39. The van der Waals surface area contributed by atoms with Crippen molar-refractivity contribution in [3.05, 3.63) is 28.2 Å². The van der Waals surface area contributed by atoms with E-state index in [1.54, 1.807) is 26.8 Å². The van der Waals surface area contributed by atoms with Gasteiger partial charge in [0.2, 0.25) is 0 Å². The monoisotopic (exact) mass is 364 g/mol. The molecule has 0 spiro atoms. The maximum atomic E-state index is 11.9. The Labute approximate surface area is 126 Å².